The molecule has 4 rings (SSSR count). The highest BCUT2D eigenvalue weighted by Crippen LogP contribution is 2.62. The van der Waals surface area contributed by atoms with Gasteiger partial charge in [-0.05, 0) is 43.9 Å². The van der Waals surface area contributed by atoms with E-state index >= 15 is 0 Å². The van der Waals surface area contributed by atoms with Crippen molar-refractivity contribution in [1.82, 2.24) is 14.9 Å². The van der Waals surface area contributed by atoms with Crippen molar-refractivity contribution in [1.29, 1.82) is 0 Å². The first-order valence-corrected chi connectivity index (χ1v) is 7.04. The maximum Gasteiger partial charge on any atom is 0.106 e. The SMILES string of the molecule is Cc1nc2c(n1CC1(C3CC3)CC1)CCNC2. The highest BCUT2D eigenvalue weighted by Gasteiger charge is 2.54. The quantitative estimate of drug-likeness (QED) is 0.862. The largest absolute Gasteiger partial charge is 0.331 e. The minimum absolute atomic E-state index is 0.685. The van der Waals surface area contributed by atoms with Crippen LogP contribution >= 0.6 is 0 Å². The molecule has 3 nitrogen and oxygen atoms in total. The van der Waals surface area contributed by atoms with Gasteiger partial charge in [-0.2, -0.15) is 0 Å². The van der Waals surface area contributed by atoms with E-state index < -0.39 is 0 Å². The minimum atomic E-state index is 0.685. The number of aromatic nitrogens is 2. The molecule has 0 saturated heterocycles. The van der Waals surface area contributed by atoms with E-state index in [0.717, 1.165) is 25.4 Å². The van der Waals surface area contributed by atoms with Gasteiger partial charge in [-0.15, -0.1) is 0 Å². The first-order valence-electron chi connectivity index (χ1n) is 7.04. The molecule has 3 heteroatoms. The minimum Gasteiger partial charge on any atom is -0.331 e. The maximum atomic E-state index is 4.74. The van der Waals surface area contributed by atoms with Crippen LogP contribution in [0, 0.1) is 18.3 Å². The van der Waals surface area contributed by atoms with Gasteiger partial charge in [-0.1, -0.05) is 0 Å². The molecule has 1 N–H and O–H groups in total. The van der Waals surface area contributed by atoms with E-state index in [0.29, 0.717) is 5.41 Å². The molecule has 1 aliphatic heterocycles. The van der Waals surface area contributed by atoms with Crippen LogP contribution in [-0.4, -0.2) is 16.1 Å². The number of nitrogens with one attached hydrogen (secondary N) is 1. The number of aryl methyl sites for hydroxylation is 1. The second kappa shape index (κ2) is 3.35. The zero-order valence-electron chi connectivity index (χ0n) is 10.6. The summed E-state index contributed by atoms with van der Waals surface area (Å²) in [6.45, 7) is 5.53. The van der Waals surface area contributed by atoms with E-state index in [9.17, 15) is 0 Å². The number of hydrogen-bond acceptors (Lipinski definition) is 2. The highest BCUT2D eigenvalue weighted by molar-refractivity contribution is 5.21. The summed E-state index contributed by atoms with van der Waals surface area (Å²) >= 11 is 0. The van der Waals surface area contributed by atoms with Gasteiger partial charge in [-0.25, -0.2) is 4.98 Å². The first kappa shape index (κ1) is 10.1. The molecule has 2 fully saturated rings. The number of hydrogen-bond donors (Lipinski definition) is 1. The molecule has 3 aliphatic rings. The van der Waals surface area contributed by atoms with Crippen LogP contribution in [0.25, 0.3) is 0 Å². The van der Waals surface area contributed by atoms with Gasteiger partial charge in [-0.3, -0.25) is 0 Å². The Balaban J connectivity index is 1.66. The molecule has 0 radical (unpaired) electrons. The van der Waals surface area contributed by atoms with E-state index in [2.05, 4.69) is 16.8 Å². The van der Waals surface area contributed by atoms with Crippen LogP contribution in [0.15, 0.2) is 0 Å². The summed E-state index contributed by atoms with van der Waals surface area (Å²) in [5.74, 6) is 2.28. The molecular formula is C14H21N3. The number of fused-ring (bicyclic) bond motifs is 1. The van der Waals surface area contributed by atoms with E-state index in [1.807, 2.05) is 0 Å². The van der Waals surface area contributed by atoms with Crippen molar-refractivity contribution < 1.29 is 0 Å². The topological polar surface area (TPSA) is 29.9 Å². The summed E-state index contributed by atoms with van der Waals surface area (Å²) in [7, 11) is 0. The molecule has 0 bridgehead atoms. The van der Waals surface area contributed by atoms with E-state index in [4.69, 9.17) is 4.98 Å². The van der Waals surface area contributed by atoms with Crippen LogP contribution in [0.5, 0.6) is 0 Å². The van der Waals surface area contributed by atoms with Crippen molar-refractivity contribution in [3.63, 3.8) is 0 Å². The summed E-state index contributed by atoms with van der Waals surface area (Å²) in [4.78, 5) is 4.74. The molecule has 0 amide bonds. The number of imidazole rings is 1. The normalized spacial score (nSPS) is 25.7. The van der Waals surface area contributed by atoms with Crippen LogP contribution < -0.4 is 5.32 Å². The van der Waals surface area contributed by atoms with Gasteiger partial charge < -0.3 is 9.88 Å². The zero-order chi connectivity index (χ0) is 11.5. The predicted octanol–water partition coefficient (Wildman–Crippen LogP) is 2.03. The van der Waals surface area contributed by atoms with Crippen molar-refractivity contribution in [3.05, 3.63) is 17.2 Å². The third-order valence-corrected chi connectivity index (χ3v) is 4.99. The fourth-order valence-corrected chi connectivity index (χ4v) is 3.58. The molecule has 1 aromatic rings. The molecule has 0 atom stereocenters. The van der Waals surface area contributed by atoms with Crippen molar-refractivity contribution in [3.8, 4) is 0 Å². The fraction of sp³-hybridized carbons (Fsp3) is 0.786. The van der Waals surface area contributed by atoms with E-state index in [1.165, 1.54) is 49.4 Å². The average molecular weight is 231 g/mol. The Hall–Kier alpha value is -0.830. The van der Waals surface area contributed by atoms with Gasteiger partial charge in [0, 0.05) is 31.7 Å². The van der Waals surface area contributed by atoms with Crippen LogP contribution in [0.4, 0.5) is 0 Å². The van der Waals surface area contributed by atoms with Crippen LogP contribution in [0.3, 0.4) is 0 Å². The van der Waals surface area contributed by atoms with E-state index in [1.54, 1.807) is 0 Å². The standard InChI is InChI=1S/C14H21N3/c1-10-16-12-8-15-7-4-13(12)17(10)9-14(5-6-14)11-2-3-11/h11,15H,2-9H2,1H3. The molecule has 2 aliphatic carbocycles. The van der Waals surface area contributed by atoms with Crippen molar-refractivity contribution in [2.24, 2.45) is 11.3 Å². The lowest BCUT2D eigenvalue weighted by atomic mass is 10.00. The maximum absolute atomic E-state index is 4.74. The Morgan fingerprint density at radius 1 is 1.41 bits per heavy atom. The molecule has 17 heavy (non-hydrogen) atoms. The van der Waals surface area contributed by atoms with E-state index in [-0.39, 0.29) is 0 Å². The summed E-state index contributed by atoms with van der Waals surface area (Å²) in [5.41, 5.74) is 3.51. The van der Waals surface area contributed by atoms with Gasteiger partial charge in [0.1, 0.15) is 5.82 Å². The van der Waals surface area contributed by atoms with Crippen LogP contribution in [0.1, 0.15) is 42.9 Å². The predicted molar refractivity (Wildman–Crippen MR) is 66.8 cm³/mol. The lowest BCUT2D eigenvalue weighted by Gasteiger charge is -2.20. The second-order valence-corrected chi connectivity index (χ2v) is 6.20. The van der Waals surface area contributed by atoms with Gasteiger partial charge in [0.25, 0.3) is 0 Å². The second-order valence-electron chi connectivity index (χ2n) is 6.20. The lowest BCUT2D eigenvalue weighted by molar-refractivity contribution is 0.359. The number of rotatable bonds is 3. The molecule has 2 saturated carbocycles. The summed E-state index contributed by atoms with van der Waals surface area (Å²) in [5, 5.41) is 3.42. The van der Waals surface area contributed by atoms with Crippen LogP contribution in [0.2, 0.25) is 0 Å². The summed E-state index contributed by atoms with van der Waals surface area (Å²) < 4.78 is 2.54. The Labute approximate surface area is 103 Å². The Bertz CT molecular complexity index is 452. The third kappa shape index (κ3) is 1.55. The highest BCUT2D eigenvalue weighted by atomic mass is 15.1. The Morgan fingerprint density at radius 3 is 2.94 bits per heavy atom. The van der Waals surface area contributed by atoms with Gasteiger partial charge >= 0.3 is 0 Å². The Kier molecular flexibility index (Phi) is 1.99. The Morgan fingerprint density at radius 2 is 2.24 bits per heavy atom. The van der Waals surface area contributed by atoms with Gasteiger partial charge in [0.2, 0.25) is 0 Å². The van der Waals surface area contributed by atoms with Crippen molar-refractivity contribution in [2.75, 3.05) is 6.54 Å². The number of nitrogens with zero attached hydrogens (tertiary/aromatic N) is 2. The van der Waals surface area contributed by atoms with Gasteiger partial charge in [0.05, 0.1) is 5.69 Å². The molecule has 1 aromatic heterocycles. The first-order chi connectivity index (χ1) is 8.28. The molecule has 92 valence electrons. The van der Waals surface area contributed by atoms with Crippen molar-refractivity contribution in [2.45, 2.75) is 52.1 Å². The summed E-state index contributed by atoms with van der Waals surface area (Å²) in [6.07, 6.45) is 7.05. The molecule has 0 spiro atoms. The molecule has 0 unspecified atom stereocenters. The third-order valence-electron chi connectivity index (χ3n) is 4.99. The molecule has 2 heterocycles. The summed E-state index contributed by atoms with van der Waals surface area (Å²) in [6, 6.07) is 0. The zero-order valence-corrected chi connectivity index (χ0v) is 10.6. The fourth-order valence-electron chi connectivity index (χ4n) is 3.58. The smallest absolute Gasteiger partial charge is 0.106 e. The lowest BCUT2D eigenvalue weighted by Crippen LogP contribution is -2.26. The van der Waals surface area contributed by atoms with Crippen molar-refractivity contribution >= 4 is 0 Å². The van der Waals surface area contributed by atoms with Crippen LogP contribution in [-0.2, 0) is 19.5 Å². The monoisotopic (exact) mass is 231 g/mol. The molecular weight excluding hydrogens is 210 g/mol. The molecule has 0 aromatic carbocycles. The van der Waals surface area contributed by atoms with Gasteiger partial charge in [0.15, 0.2) is 0 Å². The average Bonchev–Trinajstić information content (AvgIpc) is 3.20.